The maximum atomic E-state index is 13.2. The number of anilines is 1. The van der Waals surface area contributed by atoms with Crippen LogP contribution in [0.4, 0.5) is 14.6 Å². The summed E-state index contributed by atoms with van der Waals surface area (Å²) in [7, 11) is 0. The number of hydrogen-bond donors (Lipinski definition) is 2. The Bertz CT molecular complexity index is 564. The Morgan fingerprint density at radius 3 is 2.67 bits per heavy atom. The van der Waals surface area contributed by atoms with Gasteiger partial charge in [0.05, 0.1) is 11.8 Å². The lowest BCUT2D eigenvalue weighted by Gasteiger charge is -2.21. The van der Waals surface area contributed by atoms with Crippen LogP contribution in [0, 0.1) is 18.8 Å². The van der Waals surface area contributed by atoms with Crippen molar-refractivity contribution in [1.82, 2.24) is 15.8 Å². The van der Waals surface area contributed by atoms with Gasteiger partial charge in [-0.1, -0.05) is 6.07 Å². The SMILES string of the molecule is CC(=O)NNCc1ccc(N2CC3C(C2)C3(F)F)nc1C. The van der Waals surface area contributed by atoms with E-state index in [2.05, 4.69) is 15.8 Å². The number of aryl methyl sites for hydroxylation is 1. The fraction of sp³-hybridized carbons (Fsp3) is 0.571. The van der Waals surface area contributed by atoms with Crippen LogP contribution in [0.3, 0.4) is 0 Å². The topological polar surface area (TPSA) is 57.3 Å². The monoisotopic (exact) mass is 296 g/mol. The number of hydrogen-bond acceptors (Lipinski definition) is 4. The molecule has 1 saturated carbocycles. The van der Waals surface area contributed by atoms with E-state index in [0.717, 1.165) is 17.1 Å². The van der Waals surface area contributed by atoms with Gasteiger partial charge in [-0.2, -0.15) is 0 Å². The van der Waals surface area contributed by atoms with E-state index in [1.54, 1.807) is 0 Å². The van der Waals surface area contributed by atoms with Crippen LogP contribution in [-0.4, -0.2) is 29.9 Å². The van der Waals surface area contributed by atoms with Crippen LogP contribution in [-0.2, 0) is 11.3 Å². The number of carbonyl (C=O) groups excluding carboxylic acids is 1. The third kappa shape index (κ3) is 2.57. The molecule has 3 rings (SSSR count). The number of aromatic nitrogens is 1. The second-order valence-corrected chi connectivity index (χ2v) is 5.74. The maximum Gasteiger partial charge on any atom is 0.258 e. The van der Waals surface area contributed by atoms with E-state index in [-0.39, 0.29) is 5.91 Å². The molecule has 0 spiro atoms. The Labute approximate surface area is 121 Å². The Morgan fingerprint density at radius 2 is 2.10 bits per heavy atom. The maximum absolute atomic E-state index is 13.2. The summed E-state index contributed by atoms with van der Waals surface area (Å²) in [5, 5.41) is 0. The molecule has 1 aliphatic heterocycles. The summed E-state index contributed by atoms with van der Waals surface area (Å²) in [5.74, 6) is -2.87. The third-order valence-electron chi connectivity index (χ3n) is 4.25. The predicted octanol–water partition coefficient (Wildman–Crippen LogP) is 1.23. The van der Waals surface area contributed by atoms with Gasteiger partial charge in [0.15, 0.2) is 0 Å². The first-order valence-corrected chi connectivity index (χ1v) is 6.98. The van der Waals surface area contributed by atoms with E-state index < -0.39 is 17.8 Å². The lowest BCUT2D eigenvalue weighted by atomic mass is 10.2. The molecular formula is C14H18F2N4O. The standard InChI is InChI=1S/C14H18F2N4O/c1-8-10(5-17-19-9(2)21)3-4-13(18-8)20-6-11-12(7-20)14(11,15)16/h3-4,11-12,17H,5-7H2,1-2H3,(H,19,21). The van der Waals surface area contributed by atoms with E-state index in [1.807, 2.05) is 24.0 Å². The third-order valence-corrected chi connectivity index (χ3v) is 4.25. The first kappa shape index (κ1) is 14.2. The number of hydrazine groups is 1. The van der Waals surface area contributed by atoms with Crippen molar-refractivity contribution < 1.29 is 13.6 Å². The van der Waals surface area contributed by atoms with Crippen molar-refractivity contribution >= 4 is 11.7 Å². The van der Waals surface area contributed by atoms with Crippen molar-refractivity contribution in [1.29, 1.82) is 0 Å². The normalized spacial score (nSPS) is 25.6. The second-order valence-electron chi connectivity index (χ2n) is 5.74. The molecule has 2 unspecified atom stereocenters. The Hall–Kier alpha value is -1.76. The van der Waals surface area contributed by atoms with Crippen molar-refractivity contribution in [2.45, 2.75) is 26.3 Å². The highest BCUT2D eigenvalue weighted by Crippen LogP contribution is 2.59. The average molecular weight is 296 g/mol. The summed E-state index contributed by atoms with van der Waals surface area (Å²) >= 11 is 0. The Morgan fingerprint density at radius 1 is 1.43 bits per heavy atom. The number of fused-ring (bicyclic) bond motifs is 1. The van der Waals surface area contributed by atoms with Gasteiger partial charge in [-0.3, -0.25) is 10.2 Å². The molecule has 2 heterocycles. The highest BCUT2D eigenvalue weighted by Gasteiger charge is 2.71. The minimum Gasteiger partial charge on any atom is -0.356 e. The van der Waals surface area contributed by atoms with Crippen molar-refractivity contribution in [2.75, 3.05) is 18.0 Å². The fourth-order valence-corrected chi connectivity index (χ4v) is 2.90. The minimum absolute atomic E-state index is 0.158. The van der Waals surface area contributed by atoms with Crippen LogP contribution in [0.5, 0.6) is 0 Å². The molecular weight excluding hydrogens is 278 g/mol. The summed E-state index contributed by atoms with van der Waals surface area (Å²) in [6.07, 6.45) is 0. The Kier molecular flexibility index (Phi) is 3.32. The second kappa shape index (κ2) is 4.91. The van der Waals surface area contributed by atoms with Crippen LogP contribution in [0.25, 0.3) is 0 Å². The zero-order chi connectivity index (χ0) is 15.2. The molecule has 114 valence electrons. The molecule has 1 aliphatic carbocycles. The van der Waals surface area contributed by atoms with Gasteiger partial charge in [-0.05, 0) is 18.6 Å². The molecule has 1 aromatic rings. The first-order valence-electron chi connectivity index (χ1n) is 6.98. The fourth-order valence-electron chi connectivity index (χ4n) is 2.90. The Balaban J connectivity index is 1.61. The number of amides is 1. The van der Waals surface area contributed by atoms with Crippen LogP contribution in [0.1, 0.15) is 18.2 Å². The molecule has 2 aliphatic rings. The summed E-state index contributed by atoms with van der Waals surface area (Å²) < 4.78 is 26.4. The first-order chi connectivity index (χ1) is 9.89. The van der Waals surface area contributed by atoms with Crippen LogP contribution >= 0.6 is 0 Å². The van der Waals surface area contributed by atoms with Crippen molar-refractivity contribution in [2.24, 2.45) is 11.8 Å². The van der Waals surface area contributed by atoms with Gasteiger partial charge in [0.2, 0.25) is 5.91 Å². The van der Waals surface area contributed by atoms with Crippen LogP contribution in [0.2, 0.25) is 0 Å². The number of halogens is 2. The quantitative estimate of drug-likeness (QED) is 0.821. The molecule has 0 radical (unpaired) electrons. The lowest BCUT2D eigenvalue weighted by molar-refractivity contribution is -0.119. The summed E-state index contributed by atoms with van der Waals surface area (Å²) in [4.78, 5) is 17.2. The summed E-state index contributed by atoms with van der Waals surface area (Å²) in [5.41, 5.74) is 7.10. The highest BCUT2D eigenvalue weighted by molar-refractivity contribution is 5.72. The largest absolute Gasteiger partial charge is 0.356 e. The van der Waals surface area contributed by atoms with Crippen molar-refractivity contribution in [3.63, 3.8) is 0 Å². The molecule has 0 bridgehead atoms. The molecule has 7 heteroatoms. The molecule has 0 aromatic carbocycles. The van der Waals surface area contributed by atoms with Gasteiger partial charge in [0.25, 0.3) is 5.92 Å². The average Bonchev–Trinajstić information content (AvgIpc) is 2.79. The molecule has 1 saturated heterocycles. The van der Waals surface area contributed by atoms with Crippen molar-refractivity contribution in [3.05, 3.63) is 23.4 Å². The van der Waals surface area contributed by atoms with Gasteiger partial charge in [-0.15, -0.1) is 0 Å². The van der Waals surface area contributed by atoms with E-state index >= 15 is 0 Å². The number of piperidine rings is 1. The summed E-state index contributed by atoms with van der Waals surface area (Å²) in [6.45, 7) is 4.54. The van der Waals surface area contributed by atoms with Crippen LogP contribution < -0.4 is 15.8 Å². The molecule has 1 aromatic heterocycles. The molecule has 5 nitrogen and oxygen atoms in total. The molecule has 21 heavy (non-hydrogen) atoms. The molecule has 1 amide bonds. The zero-order valence-electron chi connectivity index (χ0n) is 12.0. The predicted molar refractivity (Wildman–Crippen MR) is 73.8 cm³/mol. The number of rotatable bonds is 4. The number of alkyl halides is 2. The van der Waals surface area contributed by atoms with E-state index in [0.29, 0.717) is 19.6 Å². The molecule has 2 N–H and O–H groups in total. The molecule has 2 fully saturated rings. The minimum atomic E-state index is -2.46. The van der Waals surface area contributed by atoms with Gasteiger partial charge in [0.1, 0.15) is 5.82 Å². The lowest BCUT2D eigenvalue weighted by Crippen LogP contribution is -2.35. The van der Waals surface area contributed by atoms with Crippen LogP contribution in [0.15, 0.2) is 12.1 Å². The van der Waals surface area contributed by atoms with Gasteiger partial charge in [0, 0.05) is 32.3 Å². The van der Waals surface area contributed by atoms with E-state index in [1.165, 1.54) is 6.92 Å². The number of carbonyl (C=O) groups is 1. The summed E-state index contributed by atoms with van der Waals surface area (Å²) in [6, 6.07) is 3.76. The number of nitrogens with one attached hydrogen (secondary N) is 2. The smallest absolute Gasteiger partial charge is 0.258 e. The van der Waals surface area contributed by atoms with E-state index in [4.69, 9.17) is 0 Å². The number of pyridine rings is 1. The van der Waals surface area contributed by atoms with Crippen molar-refractivity contribution in [3.8, 4) is 0 Å². The van der Waals surface area contributed by atoms with Gasteiger partial charge >= 0.3 is 0 Å². The molecule has 2 atom stereocenters. The zero-order valence-corrected chi connectivity index (χ0v) is 12.0. The highest BCUT2D eigenvalue weighted by atomic mass is 19.3. The van der Waals surface area contributed by atoms with E-state index in [9.17, 15) is 13.6 Å². The van der Waals surface area contributed by atoms with Gasteiger partial charge in [-0.25, -0.2) is 19.2 Å². The van der Waals surface area contributed by atoms with Gasteiger partial charge < -0.3 is 4.90 Å². The number of nitrogens with zero attached hydrogens (tertiary/aromatic N) is 2.